The number of nitrogen functional groups attached to an aromatic ring is 1. The van der Waals surface area contributed by atoms with Crippen molar-refractivity contribution >= 4 is 5.82 Å². The largest absolute Gasteiger partial charge is 0.381 e. The molecule has 0 aliphatic heterocycles. The maximum Gasteiger partial charge on any atom is 0.168 e. The van der Waals surface area contributed by atoms with Crippen molar-refractivity contribution in [2.24, 2.45) is 0 Å². The molecule has 70 valence electrons. The molecule has 2 N–H and O–H groups in total. The van der Waals surface area contributed by atoms with E-state index in [0.29, 0.717) is 11.5 Å². The Morgan fingerprint density at radius 1 is 1.38 bits per heavy atom. The summed E-state index contributed by atoms with van der Waals surface area (Å²) < 4.78 is 13.4. The highest BCUT2D eigenvalue weighted by Gasteiger charge is 2.29. The Kier molecular flexibility index (Phi) is 1.75. The first-order chi connectivity index (χ1) is 6.11. The van der Waals surface area contributed by atoms with E-state index in [-0.39, 0.29) is 11.6 Å². The molecule has 0 aromatic carbocycles. The quantitative estimate of drug-likeness (QED) is 0.720. The lowest BCUT2D eigenvalue weighted by Gasteiger charge is -2.10. The third-order valence-electron chi connectivity index (χ3n) is 2.62. The fourth-order valence-corrected chi connectivity index (χ4v) is 1.85. The van der Waals surface area contributed by atoms with Crippen LogP contribution in [0.25, 0.3) is 0 Å². The average molecular weight is 180 g/mol. The zero-order valence-corrected chi connectivity index (χ0v) is 7.89. The molecular formula is C10H13FN2. The number of halogens is 1. The summed E-state index contributed by atoms with van der Waals surface area (Å²) in [6.07, 6.45) is 2.32. The lowest BCUT2D eigenvalue weighted by Crippen LogP contribution is -2.04. The summed E-state index contributed by atoms with van der Waals surface area (Å²) in [6.45, 7) is 3.68. The van der Waals surface area contributed by atoms with E-state index >= 15 is 0 Å². The van der Waals surface area contributed by atoms with Gasteiger partial charge in [0.05, 0.1) is 0 Å². The maximum atomic E-state index is 13.4. The SMILES string of the molecule is Cc1nc(N)c(F)c(C)c1C1CC1. The van der Waals surface area contributed by atoms with Gasteiger partial charge in [0, 0.05) is 5.69 Å². The number of rotatable bonds is 1. The summed E-state index contributed by atoms with van der Waals surface area (Å²) in [5.74, 6) is 0.217. The van der Waals surface area contributed by atoms with Gasteiger partial charge in [0.15, 0.2) is 11.6 Å². The van der Waals surface area contributed by atoms with Crippen molar-refractivity contribution in [2.75, 3.05) is 5.73 Å². The van der Waals surface area contributed by atoms with Gasteiger partial charge in [-0.05, 0) is 43.7 Å². The predicted octanol–water partition coefficient (Wildman–Crippen LogP) is 2.30. The number of aryl methyl sites for hydroxylation is 1. The number of nitrogens with two attached hydrogens (primary N) is 1. The van der Waals surface area contributed by atoms with E-state index in [1.807, 2.05) is 6.92 Å². The van der Waals surface area contributed by atoms with Gasteiger partial charge in [0.25, 0.3) is 0 Å². The number of hydrogen-bond acceptors (Lipinski definition) is 2. The second kappa shape index (κ2) is 2.69. The highest BCUT2D eigenvalue weighted by atomic mass is 19.1. The van der Waals surface area contributed by atoms with Crippen molar-refractivity contribution in [3.8, 4) is 0 Å². The van der Waals surface area contributed by atoms with E-state index in [9.17, 15) is 4.39 Å². The minimum Gasteiger partial charge on any atom is -0.381 e. The summed E-state index contributed by atoms with van der Waals surface area (Å²) >= 11 is 0. The highest BCUT2D eigenvalue weighted by Crippen LogP contribution is 2.43. The minimum atomic E-state index is -0.340. The van der Waals surface area contributed by atoms with Gasteiger partial charge in [0.1, 0.15) is 0 Å². The van der Waals surface area contributed by atoms with E-state index in [4.69, 9.17) is 5.73 Å². The molecule has 1 aliphatic carbocycles. The van der Waals surface area contributed by atoms with E-state index in [0.717, 1.165) is 24.1 Å². The van der Waals surface area contributed by atoms with Crippen LogP contribution in [0.4, 0.5) is 10.2 Å². The van der Waals surface area contributed by atoms with Crippen molar-refractivity contribution in [3.63, 3.8) is 0 Å². The monoisotopic (exact) mass is 180 g/mol. The standard InChI is InChI=1S/C10H13FN2/c1-5-8(7-3-4-7)6(2)13-10(12)9(5)11/h7H,3-4H2,1-2H3,(H2,12,13). The first kappa shape index (κ1) is 8.48. The van der Waals surface area contributed by atoms with Crippen LogP contribution in [0.5, 0.6) is 0 Å². The summed E-state index contributed by atoms with van der Waals surface area (Å²) in [7, 11) is 0. The van der Waals surface area contributed by atoms with Gasteiger partial charge >= 0.3 is 0 Å². The average Bonchev–Trinajstić information content (AvgIpc) is 2.84. The van der Waals surface area contributed by atoms with E-state index in [1.165, 1.54) is 0 Å². The van der Waals surface area contributed by atoms with E-state index in [1.54, 1.807) is 6.92 Å². The van der Waals surface area contributed by atoms with Gasteiger partial charge in [-0.3, -0.25) is 0 Å². The lowest BCUT2D eigenvalue weighted by atomic mass is 10.0. The molecular weight excluding hydrogens is 167 g/mol. The van der Waals surface area contributed by atoms with Crippen molar-refractivity contribution < 1.29 is 4.39 Å². The van der Waals surface area contributed by atoms with Crippen LogP contribution in [-0.4, -0.2) is 4.98 Å². The predicted molar refractivity (Wildman–Crippen MR) is 50.1 cm³/mol. The molecule has 3 heteroatoms. The van der Waals surface area contributed by atoms with Crippen molar-refractivity contribution in [1.29, 1.82) is 0 Å². The molecule has 0 spiro atoms. The molecule has 1 aromatic rings. The first-order valence-electron chi connectivity index (χ1n) is 4.53. The normalized spacial score (nSPS) is 16.2. The summed E-state index contributed by atoms with van der Waals surface area (Å²) in [4.78, 5) is 4.00. The van der Waals surface area contributed by atoms with Crippen molar-refractivity contribution in [2.45, 2.75) is 32.6 Å². The highest BCUT2D eigenvalue weighted by molar-refractivity contribution is 5.45. The molecule has 0 radical (unpaired) electrons. The van der Waals surface area contributed by atoms with Gasteiger partial charge in [-0.15, -0.1) is 0 Å². The molecule has 1 saturated carbocycles. The third-order valence-corrected chi connectivity index (χ3v) is 2.62. The molecule has 0 unspecified atom stereocenters. The fourth-order valence-electron chi connectivity index (χ4n) is 1.85. The minimum absolute atomic E-state index is 0.0272. The lowest BCUT2D eigenvalue weighted by molar-refractivity contribution is 0.612. The Morgan fingerprint density at radius 2 is 2.00 bits per heavy atom. The summed E-state index contributed by atoms with van der Waals surface area (Å²) in [5.41, 5.74) is 8.08. The molecule has 2 nitrogen and oxygen atoms in total. The Balaban J connectivity index is 2.60. The zero-order valence-electron chi connectivity index (χ0n) is 7.89. The molecule has 0 saturated heterocycles. The van der Waals surface area contributed by atoms with Crippen LogP contribution in [0.2, 0.25) is 0 Å². The number of anilines is 1. The molecule has 1 heterocycles. The fraction of sp³-hybridized carbons (Fsp3) is 0.500. The Labute approximate surface area is 77.0 Å². The topological polar surface area (TPSA) is 38.9 Å². The molecule has 1 aliphatic rings. The zero-order chi connectivity index (χ0) is 9.59. The van der Waals surface area contributed by atoms with Crippen LogP contribution in [-0.2, 0) is 0 Å². The summed E-state index contributed by atoms with van der Waals surface area (Å²) in [6, 6.07) is 0. The number of hydrogen-bond donors (Lipinski definition) is 1. The molecule has 1 aromatic heterocycles. The summed E-state index contributed by atoms with van der Waals surface area (Å²) in [5, 5.41) is 0. The van der Waals surface area contributed by atoms with E-state index < -0.39 is 0 Å². The van der Waals surface area contributed by atoms with Crippen LogP contribution in [0.15, 0.2) is 0 Å². The van der Waals surface area contributed by atoms with Crippen LogP contribution < -0.4 is 5.73 Å². The van der Waals surface area contributed by atoms with Crippen LogP contribution in [0.3, 0.4) is 0 Å². The Morgan fingerprint density at radius 3 is 2.54 bits per heavy atom. The van der Waals surface area contributed by atoms with Crippen LogP contribution in [0.1, 0.15) is 35.6 Å². The van der Waals surface area contributed by atoms with Crippen molar-refractivity contribution in [3.05, 3.63) is 22.6 Å². The Hall–Kier alpha value is -1.12. The molecule has 1 fully saturated rings. The van der Waals surface area contributed by atoms with Crippen molar-refractivity contribution in [1.82, 2.24) is 4.98 Å². The second-order valence-corrected chi connectivity index (χ2v) is 3.71. The third kappa shape index (κ3) is 1.28. The molecule has 2 rings (SSSR count). The van der Waals surface area contributed by atoms with Gasteiger partial charge in [-0.2, -0.15) is 0 Å². The van der Waals surface area contributed by atoms with Gasteiger partial charge < -0.3 is 5.73 Å². The number of pyridine rings is 1. The number of aromatic nitrogens is 1. The van der Waals surface area contributed by atoms with Crippen LogP contribution >= 0.6 is 0 Å². The van der Waals surface area contributed by atoms with E-state index in [2.05, 4.69) is 4.98 Å². The molecule has 0 amide bonds. The van der Waals surface area contributed by atoms with Gasteiger partial charge in [-0.1, -0.05) is 0 Å². The first-order valence-corrected chi connectivity index (χ1v) is 4.53. The second-order valence-electron chi connectivity index (χ2n) is 3.71. The van der Waals surface area contributed by atoms with Gasteiger partial charge in [0.2, 0.25) is 0 Å². The maximum absolute atomic E-state index is 13.4. The molecule has 0 atom stereocenters. The molecule has 0 bridgehead atoms. The van der Waals surface area contributed by atoms with Gasteiger partial charge in [-0.25, -0.2) is 9.37 Å². The molecule has 13 heavy (non-hydrogen) atoms. The Bertz CT molecular complexity index is 356. The van der Waals surface area contributed by atoms with Crippen LogP contribution in [0, 0.1) is 19.7 Å². The number of nitrogens with zero attached hydrogens (tertiary/aromatic N) is 1. The smallest absolute Gasteiger partial charge is 0.168 e.